The number of hydrogen-bond acceptors (Lipinski definition) is 7. The van der Waals surface area contributed by atoms with Gasteiger partial charge in [0.2, 0.25) is 5.78 Å². The number of carbonyl (C=O) groups excluding carboxylic acids is 3. The molecule has 0 radical (unpaired) electrons. The fourth-order valence-corrected chi connectivity index (χ4v) is 3.09. The Labute approximate surface area is 167 Å². The van der Waals surface area contributed by atoms with Crippen LogP contribution in [0, 0.1) is 30.9 Å². The van der Waals surface area contributed by atoms with Crippen molar-refractivity contribution in [3.63, 3.8) is 0 Å². The molecule has 0 bridgehead atoms. The Morgan fingerprint density at radius 3 is 2.45 bits per heavy atom. The number of ether oxygens (including phenoxy) is 2. The molecule has 0 atom stereocenters. The Morgan fingerprint density at radius 2 is 1.83 bits per heavy atom. The van der Waals surface area contributed by atoms with E-state index < -0.39 is 23.3 Å². The second-order valence-electron chi connectivity index (χ2n) is 6.49. The maximum atomic E-state index is 12.5. The lowest BCUT2D eigenvalue weighted by Gasteiger charge is -2.09. The molecule has 2 rings (SSSR count). The van der Waals surface area contributed by atoms with Gasteiger partial charge in [0.15, 0.2) is 6.61 Å². The SMILES string of the molecule is COC(=O)CCn1c(C)cc(C(=O)COC(=O)c2cccc(C)c2[N+](=O)[O-])c1C. The Morgan fingerprint density at radius 1 is 1.14 bits per heavy atom. The molecule has 0 aliphatic rings. The maximum Gasteiger partial charge on any atom is 0.345 e. The third-order valence-corrected chi connectivity index (χ3v) is 4.62. The van der Waals surface area contributed by atoms with Gasteiger partial charge in [-0.15, -0.1) is 0 Å². The predicted octanol–water partition coefficient (Wildman–Crippen LogP) is 2.92. The van der Waals surface area contributed by atoms with Gasteiger partial charge in [0.05, 0.1) is 18.5 Å². The molecule has 9 nitrogen and oxygen atoms in total. The predicted molar refractivity (Wildman–Crippen MR) is 103 cm³/mol. The summed E-state index contributed by atoms with van der Waals surface area (Å²) in [6, 6.07) is 5.97. The summed E-state index contributed by atoms with van der Waals surface area (Å²) >= 11 is 0. The molecule has 1 aromatic heterocycles. The lowest BCUT2D eigenvalue weighted by molar-refractivity contribution is -0.385. The quantitative estimate of drug-likeness (QED) is 0.288. The van der Waals surface area contributed by atoms with Crippen molar-refractivity contribution in [2.75, 3.05) is 13.7 Å². The molecule has 0 aliphatic heterocycles. The number of aromatic nitrogens is 1. The van der Waals surface area contributed by atoms with E-state index in [2.05, 4.69) is 4.74 Å². The van der Waals surface area contributed by atoms with Gasteiger partial charge in [0.1, 0.15) is 5.56 Å². The average molecular weight is 402 g/mol. The average Bonchev–Trinajstić information content (AvgIpc) is 2.97. The molecule has 0 fully saturated rings. The molecule has 0 unspecified atom stereocenters. The monoisotopic (exact) mass is 402 g/mol. The molecule has 0 aliphatic carbocycles. The number of Topliss-reactive ketones (excluding diaryl/α,β-unsaturated/α-hetero) is 1. The Balaban J connectivity index is 2.12. The number of hydrogen-bond donors (Lipinski definition) is 0. The molecule has 0 spiro atoms. The minimum Gasteiger partial charge on any atom is -0.469 e. The van der Waals surface area contributed by atoms with Crippen LogP contribution in [0.5, 0.6) is 0 Å². The molecular formula is C20H22N2O7. The highest BCUT2D eigenvalue weighted by atomic mass is 16.6. The van der Waals surface area contributed by atoms with E-state index >= 15 is 0 Å². The minimum absolute atomic E-state index is 0.159. The van der Waals surface area contributed by atoms with Crippen molar-refractivity contribution < 1.29 is 28.8 Å². The third-order valence-electron chi connectivity index (χ3n) is 4.62. The number of ketones is 1. The van der Waals surface area contributed by atoms with Gasteiger partial charge in [-0.25, -0.2) is 4.79 Å². The number of rotatable bonds is 8. The molecule has 0 N–H and O–H groups in total. The molecule has 0 saturated heterocycles. The highest BCUT2D eigenvalue weighted by molar-refractivity contribution is 6.01. The van der Waals surface area contributed by atoms with Crippen LogP contribution in [0.25, 0.3) is 0 Å². The topological polar surface area (TPSA) is 118 Å². The lowest BCUT2D eigenvalue weighted by atomic mass is 10.1. The summed E-state index contributed by atoms with van der Waals surface area (Å²) in [6.07, 6.45) is 0.159. The van der Waals surface area contributed by atoms with Gasteiger partial charge in [-0.2, -0.15) is 0 Å². The van der Waals surface area contributed by atoms with Crippen molar-refractivity contribution in [2.24, 2.45) is 0 Å². The van der Waals surface area contributed by atoms with Crippen molar-refractivity contribution in [1.82, 2.24) is 4.57 Å². The van der Waals surface area contributed by atoms with Crippen molar-refractivity contribution in [2.45, 2.75) is 33.7 Å². The second kappa shape index (κ2) is 9.13. The number of nitro groups is 1. The molecule has 1 heterocycles. The van der Waals surface area contributed by atoms with E-state index in [9.17, 15) is 24.5 Å². The Hall–Kier alpha value is -3.49. The van der Waals surface area contributed by atoms with Crippen LogP contribution in [0.1, 0.15) is 44.1 Å². The van der Waals surface area contributed by atoms with Crippen molar-refractivity contribution in [3.05, 3.63) is 62.5 Å². The molecule has 0 saturated carbocycles. The highest BCUT2D eigenvalue weighted by Gasteiger charge is 2.25. The number of nitrogens with zero attached hydrogens (tertiary/aromatic N) is 2. The summed E-state index contributed by atoms with van der Waals surface area (Å²) in [6.45, 7) is 4.84. The molecule has 9 heteroatoms. The smallest absolute Gasteiger partial charge is 0.345 e. The number of esters is 2. The highest BCUT2D eigenvalue weighted by Crippen LogP contribution is 2.24. The summed E-state index contributed by atoms with van der Waals surface area (Å²) in [5.74, 6) is -1.74. The Bertz CT molecular complexity index is 975. The molecule has 0 amide bonds. The summed E-state index contributed by atoms with van der Waals surface area (Å²) in [5, 5.41) is 11.2. The van der Waals surface area contributed by atoms with Crippen molar-refractivity contribution >= 4 is 23.4 Å². The number of methoxy groups -OCH3 is 1. The van der Waals surface area contributed by atoms with Crippen LogP contribution >= 0.6 is 0 Å². The largest absolute Gasteiger partial charge is 0.469 e. The van der Waals surface area contributed by atoms with Crippen molar-refractivity contribution in [3.8, 4) is 0 Å². The summed E-state index contributed by atoms with van der Waals surface area (Å²) in [5.41, 5.74) is 1.55. The lowest BCUT2D eigenvalue weighted by Crippen LogP contribution is -2.16. The normalized spacial score (nSPS) is 10.5. The van der Waals surface area contributed by atoms with Gasteiger partial charge < -0.3 is 14.0 Å². The van der Waals surface area contributed by atoms with Gasteiger partial charge in [0.25, 0.3) is 5.69 Å². The third kappa shape index (κ3) is 4.87. The minimum atomic E-state index is -0.937. The van der Waals surface area contributed by atoms with Crippen LogP contribution in [0.4, 0.5) is 5.69 Å². The Kier molecular flexibility index (Phi) is 6.87. The standard InChI is InChI=1S/C20H22N2O7/c1-12-6-5-7-15(19(12)22(26)27)20(25)29-11-17(23)16-10-13(2)21(14(16)3)9-8-18(24)28-4/h5-7,10H,8-9,11H2,1-4H3. The summed E-state index contributed by atoms with van der Waals surface area (Å²) < 4.78 is 11.5. The summed E-state index contributed by atoms with van der Waals surface area (Å²) in [4.78, 5) is 46.7. The summed E-state index contributed by atoms with van der Waals surface area (Å²) in [7, 11) is 1.31. The fourth-order valence-electron chi connectivity index (χ4n) is 3.09. The number of nitro benzene ring substituents is 1. The van der Waals surface area contributed by atoms with Gasteiger partial charge in [-0.3, -0.25) is 19.7 Å². The zero-order valence-corrected chi connectivity index (χ0v) is 16.7. The molecular weight excluding hydrogens is 380 g/mol. The first kappa shape index (κ1) is 21.8. The van der Waals surface area contributed by atoms with E-state index in [1.165, 1.54) is 32.2 Å². The molecule has 2 aromatic rings. The van der Waals surface area contributed by atoms with Crippen LogP contribution in [0.3, 0.4) is 0 Å². The van der Waals surface area contributed by atoms with Gasteiger partial charge >= 0.3 is 11.9 Å². The first-order valence-corrected chi connectivity index (χ1v) is 8.85. The number of carbonyl (C=O) groups is 3. The van der Waals surface area contributed by atoms with E-state index in [4.69, 9.17) is 4.74 Å². The van der Waals surface area contributed by atoms with Gasteiger partial charge in [0, 0.05) is 29.1 Å². The zero-order valence-electron chi connectivity index (χ0n) is 16.7. The van der Waals surface area contributed by atoms with Crippen LogP contribution in [-0.2, 0) is 20.8 Å². The van der Waals surface area contributed by atoms with E-state index in [0.717, 1.165) is 5.69 Å². The first-order valence-electron chi connectivity index (χ1n) is 8.85. The van der Waals surface area contributed by atoms with Crippen LogP contribution in [0.2, 0.25) is 0 Å². The number of para-hydroxylation sites is 1. The van der Waals surface area contributed by atoms with Gasteiger partial charge in [-0.1, -0.05) is 12.1 Å². The number of aryl methyl sites for hydroxylation is 2. The fraction of sp³-hybridized carbons (Fsp3) is 0.350. The van der Waals surface area contributed by atoms with Crippen LogP contribution < -0.4 is 0 Å². The number of benzene rings is 1. The second-order valence-corrected chi connectivity index (χ2v) is 6.49. The van der Waals surface area contributed by atoms with Crippen LogP contribution in [-0.4, -0.2) is 40.9 Å². The zero-order chi connectivity index (χ0) is 21.7. The maximum absolute atomic E-state index is 12.5. The van der Waals surface area contributed by atoms with Crippen LogP contribution in [0.15, 0.2) is 24.3 Å². The molecule has 1 aromatic carbocycles. The molecule has 154 valence electrons. The molecule has 29 heavy (non-hydrogen) atoms. The van der Waals surface area contributed by atoms with E-state index in [1.54, 1.807) is 24.5 Å². The van der Waals surface area contributed by atoms with E-state index in [0.29, 0.717) is 23.4 Å². The first-order chi connectivity index (χ1) is 13.7. The van der Waals surface area contributed by atoms with E-state index in [-0.39, 0.29) is 23.6 Å². The van der Waals surface area contributed by atoms with Gasteiger partial charge in [-0.05, 0) is 32.9 Å². The van der Waals surface area contributed by atoms with E-state index in [1.807, 2.05) is 0 Å². The van der Waals surface area contributed by atoms with Crippen molar-refractivity contribution in [1.29, 1.82) is 0 Å².